The van der Waals surface area contributed by atoms with Gasteiger partial charge in [-0.3, -0.25) is 9.69 Å². The van der Waals surface area contributed by atoms with Gasteiger partial charge in [0.15, 0.2) is 5.78 Å². The van der Waals surface area contributed by atoms with Crippen LogP contribution in [0.15, 0.2) is 48.5 Å². The van der Waals surface area contributed by atoms with Crippen molar-refractivity contribution in [2.24, 2.45) is 0 Å². The van der Waals surface area contributed by atoms with Crippen LogP contribution in [0.2, 0.25) is 0 Å². The van der Waals surface area contributed by atoms with Crippen molar-refractivity contribution in [3.05, 3.63) is 65.2 Å². The van der Waals surface area contributed by atoms with Crippen LogP contribution < -0.4 is 4.74 Å². The fraction of sp³-hybridized carbons (Fsp3) is 0.333. The van der Waals surface area contributed by atoms with Crippen molar-refractivity contribution in [3.8, 4) is 5.75 Å². The molecule has 26 heavy (non-hydrogen) atoms. The molecule has 0 bridgehead atoms. The predicted octanol–water partition coefficient (Wildman–Crippen LogP) is 3.48. The van der Waals surface area contributed by atoms with Crippen LogP contribution >= 0.6 is 0 Å². The normalized spacial score (nSPS) is 14.8. The maximum Gasteiger partial charge on any atom is 0.336 e. The summed E-state index contributed by atoms with van der Waals surface area (Å²) in [5, 5.41) is 9.50. The molecule has 0 atom stereocenters. The Kier molecular flexibility index (Phi) is 6.02. The van der Waals surface area contributed by atoms with Gasteiger partial charge < -0.3 is 9.84 Å². The highest BCUT2D eigenvalue weighted by atomic mass is 16.5. The van der Waals surface area contributed by atoms with E-state index >= 15 is 0 Å². The van der Waals surface area contributed by atoms with Crippen molar-refractivity contribution in [3.63, 3.8) is 0 Å². The highest BCUT2D eigenvalue weighted by molar-refractivity contribution is 6.15. The third kappa shape index (κ3) is 4.29. The van der Waals surface area contributed by atoms with Gasteiger partial charge in [0.2, 0.25) is 0 Å². The fourth-order valence-corrected chi connectivity index (χ4v) is 3.27. The lowest BCUT2D eigenvalue weighted by Crippen LogP contribution is -2.33. The third-order valence-electron chi connectivity index (χ3n) is 4.63. The second-order valence-electron chi connectivity index (χ2n) is 6.43. The number of carbonyl (C=O) groups excluding carboxylic acids is 1. The highest BCUT2D eigenvalue weighted by Gasteiger charge is 2.23. The van der Waals surface area contributed by atoms with Crippen LogP contribution in [0, 0.1) is 0 Å². The third-order valence-corrected chi connectivity index (χ3v) is 4.63. The van der Waals surface area contributed by atoms with Gasteiger partial charge in [0.1, 0.15) is 12.4 Å². The molecule has 0 amide bonds. The smallest absolute Gasteiger partial charge is 0.336 e. The predicted molar refractivity (Wildman–Crippen MR) is 99.1 cm³/mol. The van der Waals surface area contributed by atoms with Crippen LogP contribution in [-0.4, -0.2) is 48.0 Å². The zero-order valence-electron chi connectivity index (χ0n) is 14.7. The first-order valence-corrected chi connectivity index (χ1v) is 8.98. The number of likely N-dealkylation sites (tertiary alicyclic amines) is 1. The number of carboxylic acid groups (broad SMARTS) is 1. The number of benzene rings is 2. The summed E-state index contributed by atoms with van der Waals surface area (Å²) in [4.78, 5) is 26.9. The molecule has 2 aromatic rings. The van der Waals surface area contributed by atoms with E-state index in [1.165, 1.54) is 25.3 Å². The molecule has 136 valence electrons. The molecule has 0 aliphatic carbocycles. The van der Waals surface area contributed by atoms with Gasteiger partial charge in [-0.15, -0.1) is 0 Å². The lowest BCUT2D eigenvalue weighted by Gasteiger charge is -2.26. The number of aromatic carboxylic acids is 1. The summed E-state index contributed by atoms with van der Waals surface area (Å²) in [5.74, 6) is -1.14. The lowest BCUT2D eigenvalue weighted by molar-refractivity contribution is 0.0691. The van der Waals surface area contributed by atoms with Gasteiger partial charge in [-0.05, 0) is 38.1 Å². The SMILES string of the molecule is O=C(O)c1cccc(OCCN2CCCCC2)c1C(=O)c1ccccc1. The fourth-order valence-electron chi connectivity index (χ4n) is 3.27. The Balaban J connectivity index is 1.81. The van der Waals surface area contributed by atoms with Gasteiger partial charge in [-0.25, -0.2) is 4.79 Å². The van der Waals surface area contributed by atoms with E-state index < -0.39 is 5.97 Å². The summed E-state index contributed by atoms with van der Waals surface area (Å²) >= 11 is 0. The Bertz CT molecular complexity index is 767. The summed E-state index contributed by atoms with van der Waals surface area (Å²) in [5.41, 5.74) is 0.529. The number of ether oxygens (including phenoxy) is 1. The Morgan fingerprint density at radius 2 is 1.69 bits per heavy atom. The zero-order chi connectivity index (χ0) is 18.4. The first-order valence-electron chi connectivity index (χ1n) is 8.98. The van der Waals surface area contributed by atoms with Crippen LogP contribution in [0.25, 0.3) is 0 Å². The number of nitrogens with zero attached hydrogens (tertiary/aromatic N) is 1. The number of hydrogen-bond donors (Lipinski definition) is 1. The molecule has 2 aromatic carbocycles. The Labute approximate surface area is 153 Å². The molecule has 1 N–H and O–H groups in total. The van der Waals surface area contributed by atoms with Gasteiger partial charge in [-0.1, -0.05) is 42.8 Å². The molecular formula is C21H23NO4. The molecular weight excluding hydrogens is 330 g/mol. The summed E-state index contributed by atoms with van der Waals surface area (Å²) in [6.45, 7) is 3.33. The largest absolute Gasteiger partial charge is 0.491 e. The molecule has 5 heteroatoms. The van der Waals surface area contributed by atoms with E-state index in [4.69, 9.17) is 4.74 Å². The number of carbonyl (C=O) groups is 2. The average Bonchev–Trinajstić information content (AvgIpc) is 2.68. The van der Waals surface area contributed by atoms with Crippen LogP contribution in [0.1, 0.15) is 45.5 Å². The molecule has 1 aliphatic heterocycles. The van der Waals surface area contributed by atoms with E-state index in [0.29, 0.717) is 17.9 Å². The first kappa shape index (κ1) is 18.1. The number of ketones is 1. The van der Waals surface area contributed by atoms with Crippen LogP contribution in [0.4, 0.5) is 0 Å². The van der Waals surface area contributed by atoms with Crippen LogP contribution in [-0.2, 0) is 0 Å². The van der Waals surface area contributed by atoms with E-state index in [1.807, 2.05) is 6.07 Å². The van der Waals surface area contributed by atoms with Gasteiger partial charge in [0.25, 0.3) is 0 Å². The molecule has 0 saturated carbocycles. The van der Waals surface area contributed by atoms with E-state index in [-0.39, 0.29) is 16.9 Å². The minimum atomic E-state index is -1.13. The molecule has 1 aliphatic rings. The monoisotopic (exact) mass is 353 g/mol. The standard InChI is InChI=1S/C21H23NO4/c23-20(16-8-3-1-4-9-16)19-17(21(24)25)10-7-11-18(19)26-15-14-22-12-5-2-6-13-22/h1,3-4,7-11H,2,5-6,12-15H2,(H,24,25). The van der Waals surface area contributed by atoms with Crippen molar-refractivity contribution < 1.29 is 19.4 Å². The van der Waals surface area contributed by atoms with Crippen molar-refractivity contribution >= 4 is 11.8 Å². The van der Waals surface area contributed by atoms with Crippen molar-refractivity contribution in [1.29, 1.82) is 0 Å². The van der Waals surface area contributed by atoms with Crippen molar-refractivity contribution in [1.82, 2.24) is 4.90 Å². The van der Waals surface area contributed by atoms with Crippen molar-refractivity contribution in [2.45, 2.75) is 19.3 Å². The van der Waals surface area contributed by atoms with E-state index in [2.05, 4.69) is 4.90 Å². The Morgan fingerprint density at radius 1 is 0.962 bits per heavy atom. The van der Waals surface area contributed by atoms with Gasteiger partial charge in [0.05, 0.1) is 11.1 Å². The molecule has 5 nitrogen and oxygen atoms in total. The summed E-state index contributed by atoms with van der Waals surface area (Å²) < 4.78 is 5.85. The molecule has 0 aromatic heterocycles. The molecule has 0 unspecified atom stereocenters. The first-order chi connectivity index (χ1) is 12.7. The quantitative estimate of drug-likeness (QED) is 0.772. The topological polar surface area (TPSA) is 66.8 Å². The maximum absolute atomic E-state index is 12.9. The van der Waals surface area contributed by atoms with E-state index in [1.54, 1.807) is 36.4 Å². The van der Waals surface area contributed by atoms with E-state index in [9.17, 15) is 14.7 Å². The molecule has 0 spiro atoms. The molecule has 3 rings (SSSR count). The number of rotatable bonds is 7. The van der Waals surface area contributed by atoms with Gasteiger partial charge >= 0.3 is 5.97 Å². The average molecular weight is 353 g/mol. The Morgan fingerprint density at radius 3 is 2.38 bits per heavy atom. The molecule has 1 saturated heterocycles. The number of piperidine rings is 1. The summed E-state index contributed by atoms with van der Waals surface area (Å²) in [6, 6.07) is 13.4. The second kappa shape index (κ2) is 8.63. The highest BCUT2D eigenvalue weighted by Crippen LogP contribution is 2.26. The number of hydrogen-bond acceptors (Lipinski definition) is 4. The maximum atomic E-state index is 12.9. The number of carboxylic acids is 1. The summed E-state index contributed by atoms with van der Waals surface area (Å²) in [7, 11) is 0. The zero-order valence-corrected chi connectivity index (χ0v) is 14.7. The van der Waals surface area contributed by atoms with Crippen LogP contribution in [0.3, 0.4) is 0 Å². The Hall–Kier alpha value is -2.66. The summed E-state index contributed by atoms with van der Waals surface area (Å²) in [6.07, 6.45) is 3.67. The minimum Gasteiger partial charge on any atom is -0.491 e. The lowest BCUT2D eigenvalue weighted by atomic mass is 9.97. The van der Waals surface area contributed by atoms with Gasteiger partial charge in [-0.2, -0.15) is 0 Å². The molecule has 0 radical (unpaired) electrons. The second-order valence-corrected chi connectivity index (χ2v) is 6.43. The molecule has 1 heterocycles. The van der Waals surface area contributed by atoms with Crippen molar-refractivity contribution in [2.75, 3.05) is 26.2 Å². The van der Waals surface area contributed by atoms with E-state index in [0.717, 1.165) is 19.6 Å². The van der Waals surface area contributed by atoms with Gasteiger partial charge in [0, 0.05) is 12.1 Å². The minimum absolute atomic E-state index is 0.0330. The van der Waals surface area contributed by atoms with Crippen LogP contribution in [0.5, 0.6) is 5.75 Å². The molecule has 1 fully saturated rings.